The maximum atomic E-state index is 11.5. The van der Waals surface area contributed by atoms with Gasteiger partial charge in [0.15, 0.2) is 5.96 Å². The van der Waals surface area contributed by atoms with Crippen LogP contribution in [0.5, 0.6) is 0 Å². The van der Waals surface area contributed by atoms with Crippen LogP contribution in [0, 0.1) is 0 Å². The lowest BCUT2D eigenvalue weighted by molar-refractivity contribution is -0.00834. The third-order valence-corrected chi connectivity index (χ3v) is 4.61. The first-order valence-corrected chi connectivity index (χ1v) is 8.91. The Hall–Kier alpha value is -2.12. The van der Waals surface area contributed by atoms with E-state index in [-0.39, 0.29) is 11.5 Å². The quantitative estimate of drug-likeness (QED) is 0.451. The van der Waals surface area contributed by atoms with E-state index >= 15 is 0 Å². The number of rotatable bonds is 6. The molecule has 1 fully saturated rings. The molecule has 0 radical (unpaired) electrons. The zero-order valence-corrected chi connectivity index (χ0v) is 16.2. The summed E-state index contributed by atoms with van der Waals surface area (Å²) >= 11 is 0. The Morgan fingerprint density at radius 1 is 1.23 bits per heavy atom. The van der Waals surface area contributed by atoms with Crippen molar-refractivity contribution in [1.29, 1.82) is 0 Å². The van der Waals surface area contributed by atoms with E-state index in [9.17, 15) is 4.79 Å². The number of ether oxygens (including phenoxy) is 2. The summed E-state index contributed by atoms with van der Waals surface area (Å²) in [5, 5.41) is 6.70. The van der Waals surface area contributed by atoms with Gasteiger partial charge in [-0.25, -0.2) is 4.79 Å². The summed E-state index contributed by atoms with van der Waals surface area (Å²) in [6.45, 7) is 9.35. The first-order chi connectivity index (χ1) is 12.5. The maximum absolute atomic E-state index is 11.5. The van der Waals surface area contributed by atoms with Gasteiger partial charge in [-0.3, -0.25) is 9.89 Å². The van der Waals surface area contributed by atoms with Crippen LogP contribution in [-0.4, -0.2) is 69.4 Å². The summed E-state index contributed by atoms with van der Waals surface area (Å²) in [7, 11) is 3.14. The Morgan fingerprint density at radius 2 is 1.88 bits per heavy atom. The highest BCUT2D eigenvalue weighted by Gasteiger charge is 2.28. The van der Waals surface area contributed by atoms with Gasteiger partial charge >= 0.3 is 5.97 Å². The van der Waals surface area contributed by atoms with E-state index in [4.69, 9.17) is 9.47 Å². The number of hydrogen-bond donors (Lipinski definition) is 2. The van der Waals surface area contributed by atoms with Gasteiger partial charge in [0.25, 0.3) is 0 Å². The summed E-state index contributed by atoms with van der Waals surface area (Å²) in [5.74, 6) is 0.427. The lowest BCUT2D eigenvalue weighted by Gasteiger charge is -2.41. The van der Waals surface area contributed by atoms with E-state index in [1.165, 1.54) is 7.11 Å². The predicted molar refractivity (Wildman–Crippen MR) is 102 cm³/mol. The molecule has 0 saturated carbocycles. The number of nitrogens with one attached hydrogen (secondary N) is 2. The van der Waals surface area contributed by atoms with Gasteiger partial charge in [-0.05, 0) is 31.5 Å². The van der Waals surface area contributed by atoms with Gasteiger partial charge in [0.2, 0.25) is 0 Å². The molecule has 0 bridgehead atoms. The number of esters is 1. The Morgan fingerprint density at radius 3 is 2.46 bits per heavy atom. The van der Waals surface area contributed by atoms with E-state index in [1.54, 1.807) is 19.2 Å². The van der Waals surface area contributed by atoms with Crippen LogP contribution in [0.1, 0.15) is 29.8 Å². The number of carbonyl (C=O) groups excluding carboxylic acids is 1. The van der Waals surface area contributed by atoms with Crippen LogP contribution in [-0.2, 0) is 16.0 Å². The highest BCUT2D eigenvalue weighted by Crippen LogP contribution is 2.15. The number of methoxy groups -OCH3 is 1. The molecule has 7 nitrogen and oxygen atoms in total. The van der Waals surface area contributed by atoms with Crippen LogP contribution in [0.4, 0.5) is 0 Å². The Balaban J connectivity index is 1.82. The number of morpholine rings is 1. The summed E-state index contributed by atoms with van der Waals surface area (Å²) < 4.78 is 10.1. The molecular formula is C19H30N4O3. The number of nitrogens with zero attached hydrogens (tertiary/aromatic N) is 2. The van der Waals surface area contributed by atoms with E-state index in [2.05, 4.69) is 34.4 Å². The minimum atomic E-state index is -0.327. The van der Waals surface area contributed by atoms with Crippen molar-refractivity contribution in [3.63, 3.8) is 0 Å². The molecule has 1 aromatic carbocycles. The molecule has 2 N–H and O–H groups in total. The summed E-state index contributed by atoms with van der Waals surface area (Å²) in [6.07, 6.45) is 0. The van der Waals surface area contributed by atoms with Crippen molar-refractivity contribution in [2.24, 2.45) is 4.99 Å². The van der Waals surface area contributed by atoms with Gasteiger partial charge in [0.1, 0.15) is 0 Å². The predicted octanol–water partition coefficient (Wildman–Crippen LogP) is 1.25. The molecule has 0 atom stereocenters. The van der Waals surface area contributed by atoms with Crippen molar-refractivity contribution in [1.82, 2.24) is 15.5 Å². The van der Waals surface area contributed by atoms with E-state index in [0.717, 1.165) is 44.4 Å². The first kappa shape index (κ1) is 20.2. The third-order valence-electron chi connectivity index (χ3n) is 4.61. The lowest BCUT2D eigenvalue weighted by Crippen LogP contribution is -2.56. The van der Waals surface area contributed by atoms with E-state index in [1.807, 2.05) is 12.1 Å². The lowest BCUT2D eigenvalue weighted by atomic mass is 10.0. The second kappa shape index (κ2) is 9.54. The van der Waals surface area contributed by atoms with Gasteiger partial charge in [-0.15, -0.1) is 0 Å². The van der Waals surface area contributed by atoms with Crippen LogP contribution in [0.3, 0.4) is 0 Å². The maximum Gasteiger partial charge on any atom is 0.337 e. The van der Waals surface area contributed by atoms with Crippen LogP contribution >= 0.6 is 0 Å². The fourth-order valence-electron chi connectivity index (χ4n) is 2.86. The molecule has 7 heteroatoms. The van der Waals surface area contributed by atoms with Gasteiger partial charge < -0.3 is 20.1 Å². The van der Waals surface area contributed by atoms with Gasteiger partial charge in [0.05, 0.1) is 25.9 Å². The molecule has 0 unspecified atom stereocenters. The minimum Gasteiger partial charge on any atom is -0.465 e. The zero-order valence-electron chi connectivity index (χ0n) is 16.2. The number of benzene rings is 1. The third kappa shape index (κ3) is 5.71. The van der Waals surface area contributed by atoms with Crippen LogP contribution in [0.25, 0.3) is 0 Å². The second-order valence-electron chi connectivity index (χ2n) is 6.88. The summed E-state index contributed by atoms with van der Waals surface area (Å²) in [5.41, 5.74) is 1.63. The molecular weight excluding hydrogens is 332 g/mol. The molecule has 1 heterocycles. The van der Waals surface area contributed by atoms with Crippen molar-refractivity contribution < 1.29 is 14.3 Å². The Bertz CT molecular complexity index is 608. The van der Waals surface area contributed by atoms with Crippen molar-refractivity contribution in [3.05, 3.63) is 35.4 Å². The summed E-state index contributed by atoms with van der Waals surface area (Å²) in [4.78, 5) is 18.2. The normalized spacial score (nSPS) is 16.2. The number of hydrogen-bond acceptors (Lipinski definition) is 5. The monoisotopic (exact) mass is 362 g/mol. The Kier molecular flexibility index (Phi) is 7.41. The van der Waals surface area contributed by atoms with Crippen molar-refractivity contribution in [2.75, 3.05) is 47.0 Å². The molecule has 26 heavy (non-hydrogen) atoms. The molecule has 0 spiro atoms. The smallest absolute Gasteiger partial charge is 0.337 e. The molecule has 0 amide bonds. The highest BCUT2D eigenvalue weighted by atomic mass is 16.5. The van der Waals surface area contributed by atoms with Crippen LogP contribution < -0.4 is 10.6 Å². The molecule has 144 valence electrons. The second-order valence-corrected chi connectivity index (χ2v) is 6.88. The highest BCUT2D eigenvalue weighted by molar-refractivity contribution is 5.89. The zero-order chi connectivity index (χ0) is 19.0. The van der Waals surface area contributed by atoms with Crippen LogP contribution in [0.15, 0.2) is 29.3 Å². The van der Waals surface area contributed by atoms with Gasteiger partial charge in [0, 0.05) is 38.8 Å². The van der Waals surface area contributed by atoms with Crippen LogP contribution in [0.2, 0.25) is 0 Å². The molecule has 0 aliphatic carbocycles. The topological polar surface area (TPSA) is 75.2 Å². The number of guanidine groups is 1. The fraction of sp³-hybridized carbons (Fsp3) is 0.579. The first-order valence-electron chi connectivity index (χ1n) is 8.91. The van der Waals surface area contributed by atoms with Crippen molar-refractivity contribution in [3.8, 4) is 0 Å². The van der Waals surface area contributed by atoms with Crippen molar-refractivity contribution >= 4 is 11.9 Å². The van der Waals surface area contributed by atoms with Gasteiger partial charge in [-0.1, -0.05) is 12.1 Å². The molecule has 1 aromatic rings. The average Bonchev–Trinajstić information content (AvgIpc) is 2.68. The largest absolute Gasteiger partial charge is 0.465 e. The molecule has 1 saturated heterocycles. The molecule has 1 aliphatic rings. The number of aliphatic imine (C=N–C) groups is 1. The Labute approximate surface area is 155 Å². The SMILES string of the molecule is CN=C(NCc1ccc(C(=O)OC)cc1)NCC(C)(C)N1CCOCC1. The standard InChI is InChI=1S/C19H30N4O3/c1-19(2,23-9-11-26-12-10-23)14-22-18(20-3)21-13-15-5-7-16(8-6-15)17(24)25-4/h5-8H,9-14H2,1-4H3,(H2,20,21,22). The van der Waals surface area contributed by atoms with Gasteiger partial charge in [-0.2, -0.15) is 0 Å². The fourth-order valence-corrected chi connectivity index (χ4v) is 2.86. The van der Waals surface area contributed by atoms with Crippen molar-refractivity contribution in [2.45, 2.75) is 25.9 Å². The minimum absolute atomic E-state index is 0.0174. The molecule has 1 aliphatic heterocycles. The molecule has 0 aromatic heterocycles. The van der Waals surface area contributed by atoms with E-state index in [0.29, 0.717) is 12.1 Å². The number of carbonyl (C=O) groups is 1. The molecule has 2 rings (SSSR count). The average molecular weight is 362 g/mol. The summed E-state index contributed by atoms with van der Waals surface area (Å²) in [6, 6.07) is 7.34. The van der Waals surface area contributed by atoms with E-state index < -0.39 is 0 Å².